The van der Waals surface area contributed by atoms with Crippen LogP contribution >= 0.6 is 11.3 Å². The monoisotopic (exact) mass is 343 g/mol. The SMILES string of the molecule is CC(C)(C)c1csc(CCNC(=O)Cc2noc3ccccc23)n1. The summed E-state index contributed by atoms with van der Waals surface area (Å²) in [5.41, 5.74) is 2.54. The van der Waals surface area contributed by atoms with Gasteiger partial charge in [0.2, 0.25) is 5.91 Å². The molecule has 0 fully saturated rings. The molecule has 0 unspecified atom stereocenters. The molecule has 1 aromatic carbocycles. The number of carbonyl (C=O) groups excluding carboxylic acids is 1. The lowest BCUT2D eigenvalue weighted by molar-refractivity contribution is -0.120. The minimum Gasteiger partial charge on any atom is -0.356 e. The van der Waals surface area contributed by atoms with Gasteiger partial charge >= 0.3 is 0 Å². The Morgan fingerprint density at radius 3 is 2.83 bits per heavy atom. The molecule has 2 aromatic heterocycles. The van der Waals surface area contributed by atoms with E-state index in [1.165, 1.54) is 0 Å². The molecule has 3 aromatic rings. The predicted molar refractivity (Wildman–Crippen MR) is 95.2 cm³/mol. The Morgan fingerprint density at radius 1 is 1.29 bits per heavy atom. The first-order valence-electron chi connectivity index (χ1n) is 7.98. The van der Waals surface area contributed by atoms with Crippen molar-refractivity contribution >= 4 is 28.2 Å². The van der Waals surface area contributed by atoms with Crippen molar-refractivity contribution in [2.45, 2.75) is 39.0 Å². The number of fused-ring (bicyclic) bond motifs is 1. The maximum atomic E-state index is 12.1. The summed E-state index contributed by atoms with van der Waals surface area (Å²) in [6, 6.07) is 7.56. The summed E-state index contributed by atoms with van der Waals surface area (Å²) in [4.78, 5) is 16.7. The van der Waals surface area contributed by atoms with E-state index in [0.29, 0.717) is 17.8 Å². The highest BCUT2D eigenvalue weighted by Gasteiger charge is 2.17. The minimum atomic E-state index is -0.0540. The van der Waals surface area contributed by atoms with Crippen molar-refractivity contribution in [3.05, 3.63) is 46.0 Å². The number of hydrogen-bond acceptors (Lipinski definition) is 5. The first-order chi connectivity index (χ1) is 11.4. The van der Waals surface area contributed by atoms with E-state index in [2.05, 4.69) is 41.6 Å². The van der Waals surface area contributed by atoms with E-state index in [1.54, 1.807) is 11.3 Å². The second kappa shape index (κ2) is 6.73. The number of para-hydroxylation sites is 1. The number of benzene rings is 1. The van der Waals surface area contributed by atoms with Gasteiger partial charge in [0.25, 0.3) is 0 Å². The van der Waals surface area contributed by atoms with Gasteiger partial charge in [-0.3, -0.25) is 4.79 Å². The summed E-state index contributed by atoms with van der Waals surface area (Å²) in [6.07, 6.45) is 0.966. The molecule has 0 atom stereocenters. The number of nitrogens with zero attached hydrogens (tertiary/aromatic N) is 2. The van der Waals surface area contributed by atoms with Gasteiger partial charge in [-0.05, 0) is 12.1 Å². The van der Waals surface area contributed by atoms with Crippen LogP contribution in [0.5, 0.6) is 0 Å². The Balaban J connectivity index is 1.52. The summed E-state index contributed by atoms with van der Waals surface area (Å²) in [6.45, 7) is 7.02. The summed E-state index contributed by atoms with van der Waals surface area (Å²) in [5.74, 6) is -0.0540. The molecule has 0 spiro atoms. The van der Waals surface area contributed by atoms with Crippen molar-refractivity contribution < 1.29 is 9.32 Å². The van der Waals surface area contributed by atoms with E-state index < -0.39 is 0 Å². The van der Waals surface area contributed by atoms with Crippen LogP contribution in [0.4, 0.5) is 0 Å². The molecule has 1 N–H and O–H groups in total. The summed E-state index contributed by atoms with van der Waals surface area (Å²) in [5, 5.41) is 10.9. The fourth-order valence-corrected chi connectivity index (χ4v) is 3.38. The Kier molecular flexibility index (Phi) is 4.66. The fraction of sp³-hybridized carbons (Fsp3) is 0.389. The molecule has 0 aliphatic rings. The van der Waals surface area contributed by atoms with Crippen LogP contribution in [0.25, 0.3) is 11.0 Å². The normalized spacial score (nSPS) is 11.8. The lowest BCUT2D eigenvalue weighted by Gasteiger charge is -2.14. The first-order valence-corrected chi connectivity index (χ1v) is 8.86. The van der Waals surface area contributed by atoms with E-state index in [1.807, 2.05) is 24.3 Å². The summed E-state index contributed by atoms with van der Waals surface area (Å²) >= 11 is 1.65. The van der Waals surface area contributed by atoms with Crippen LogP contribution in [-0.2, 0) is 23.1 Å². The van der Waals surface area contributed by atoms with Gasteiger partial charge in [-0.1, -0.05) is 38.1 Å². The molecule has 0 saturated carbocycles. The lowest BCUT2D eigenvalue weighted by Crippen LogP contribution is -2.27. The van der Waals surface area contributed by atoms with Gasteiger partial charge in [0.15, 0.2) is 5.58 Å². The molecule has 2 heterocycles. The molecule has 3 rings (SSSR count). The Hall–Kier alpha value is -2.21. The zero-order chi connectivity index (χ0) is 17.2. The number of thiazole rings is 1. The highest BCUT2D eigenvalue weighted by molar-refractivity contribution is 7.09. The standard InChI is InChI=1S/C18H21N3O2S/c1-18(2,3)15-11-24-17(20-15)8-9-19-16(22)10-13-12-6-4-5-7-14(12)23-21-13/h4-7,11H,8-10H2,1-3H3,(H,19,22). The molecule has 1 amide bonds. The largest absolute Gasteiger partial charge is 0.356 e. The molecular weight excluding hydrogens is 322 g/mol. The summed E-state index contributed by atoms with van der Waals surface area (Å²) in [7, 11) is 0. The minimum absolute atomic E-state index is 0.0540. The van der Waals surface area contributed by atoms with E-state index >= 15 is 0 Å². The zero-order valence-electron chi connectivity index (χ0n) is 14.1. The van der Waals surface area contributed by atoms with Crippen LogP contribution in [0, 0.1) is 0 Å². The Morgan fingerprint density at radius 2 is 2.08 bits per heavy atom. The first kappa shape index (κ1) is 16.6. The third-order valence-electron chi connectivity index (χ3n) is 3.76. The second-order valence-corrected chi connectivity index (χ2v) is 7.72. The maximum Gasteiger partial charge on any atom is 0.226 e. The number of hydrogen-bond donors (Lipinski definition) is 1. The number of aromatic nitrogens is 2. The average molecular weight is 343 g/mol. The van der Waals surface area contributed by atoms with E-state index in [9.17, 15) is 4.79 Å². The van der Waals surface area contributed by atoms with Gasteiger partial charge in [0.1, 0.15) is 5.69 Å². The molecule has 6 heteroatoms. The second-order valence-electron chi connectivity index (χ2n) is 6.78. The van der Waals surface area contributed by atoms with Crippen LogP contribution in [0.1, 0.15) is 37.2 Å². The van der Waals surface area contributed by atoms with Gasteiger partial charge in [-0.2, -0.15) is 0 Å². The van der Waals surface area contributed by atoms with Crippen molar-refractivity contribution in [2.75, 3.05) is 6.54 Å². The average Bonchev–Trinajstić information content (AvgIpc) is 3.15. The third-order valence-corrected chi connectivity index (χ3v) is 4.67. The van der Waals surface area contributed by atoms with Crippen LogP contribution < -0.4 is 5.32 Å². The number of amides is 1. The Labute approximate surface area is 145 Å². The molecule has 5 nitrogen and oxygen atoms in total. The van der Waals surface area contributed by atoms with E-state index in [4.69, 9.17) is 4.52 Å². The molecule has 24 heavy (non-hydrogen) atoms. The smallest absolute Gasteiger partial charge is 0.226 e. The zero-order valence-corrected chi connectivity index (χ0v) is 14.9. The number of nitrogens with one attached hydrogen (secondary N) is 1. The third kappa shape index (κ3) is 3.82. The Bertz CT molecular complexity index is 845. The van der Waals surface area contributed by atoms with Crippen LogP contribution in [-0.4, -0.2) is 22.6 Å². The maximum absolute atomic E-state index is 12.1. The van der Waals surface area contributed by atoms with Gasteiger partial charge < -0.3 is 9.84 Å². The van der Waals surface area contributed by atoms with Crippen molar-refractivity contribution in [1.29, 1.82) is 0 Å². The fourth-order valence-electron chi connectivity index (χ4n) is 2.36. The number of carbonyl (C=O) groups is 1. The predicted octanol–water partition coefficient (Wildman–Crippen LogP) is 3.48. The van der Waals surface area contributed by atoms with Crippen molar-refractivity contribution in [2.24, 2.45) is 0 Å². The van der Waals surface area contributed by atoms with Crippen LogP contribution in [0.2, 0.25) is 0 Å². The van der Waals surface area contributed by atoms with Gasteiger partial charge in [-0.15, -0.1) is 11.3 Å². The molecule has 0 radical (unpaired) electrons. The highest BCUT2D eigenvalue weighted by atomic mass is 32.1. The van der Waals surface area contributed by atoms with Gasteiger partial charge in [0.05, 0.1) is 17.1 Å². The van der Waals surface area contributed by atoms with E-state index in [0.717, 1.165) is 22.5 Å². The molecule has 0 aliphatic heterocycles. The van der Waals surface area contributed by atoms with E-state index in [-0.39, 0.29) is 17.7 Å². The summed E-state index contributed by atoms with van der Waals surface area (Å²) < 4.78 is 5.22. The van der Waals surface area contributed by atoms with Gasteiger partial charge in [0, 0.05) is 29.1 Å². The highest BCUT2D eigenvalue weighted by Crippen LogP contribution is 2.24. The molecular formula is C18H21N3O2S. The molecule has 0 bridgehead atoms. The molecule has 0 saturated heterocycles. The van der Waals surface area contributed by atoms with Crippen molar-refractivity contribution in [3.63, 3.8) is 0 Å². The van der Waals surface area contributed by atoms with Gasteiger partial charge in [-0.25, -0.2) is 4.98 Å². The quantitative estimate of drug-likeness (QED) is 0.770. The lowest BCUT2D eigenvalue weighted by atomic mass is 9.93. The van der Waals surface area contributed by atoms with Crippen molar-refractivity contribution in [1.82, 2.24) is 15.5 Å². The van der Waals surface area contributed by atoms with Crippen LogP contribution in [0.15, 0.2) is 34.2 Å². The molecule has 0 aliphatic carbocycles. The van der Waals surface area contributed by atoms with Crippen molar-refractivity contribution in [3.8, 4) is 0 Å². The topological polar surface area (TPSA) is 68.0 Å². The molecule has 126 valence electrons. The number of rotatable bonds is 5. The van der Waals surface area contributed by atoms with Crippen LogP contribution in [0.3, 0.4) is 0 Å².